The lowest BCUT2D eigenvalue weighted by Gasteiger charge is -2.09. The standard InChI is InChI=1S/C16H23N3/c1-10-8-11(2)15(12(3)9-10)16-13(4)18-14(19-16)6-5-7-17/h8-9H,5-7,17H2,1-4H3,(H,18,19). The Morgan fingerprint density at radius 1 is 1.11 bits per heavy atom. The van der Waals surface area contributed by atoms with Gasteiger partial charge in [0.1, 0.15) is 5.82 Å². The first-order chi connectivity index (χ1) is 9.02. The second kappa shape index (κ2) is 5.57. The van der Waals surface area contributed by atoms with Crippen LogP contribution in [-0.4, -0.2) is 16.5 Å². The lowest BCUT2D eigenvalue weighted by atomic mass is 9.96. The highest BCUT2D eigenvalue weighted by atomic mass is 14.9. The van der Waals surface area contributed by atoms with Crippen LogP contribution in [-0.2, 0) is 6.42 Å². The first-order valence-electron chi connectivity index (χ1n) is 6.86. The van der Waals surface area contributed by atoms with Gasteiger partial charge in [-0.2, -0.15) is 0 Å². The summed E-state index contributed by atoms with van der Waals surface area (Å²) in [4.78, 5) is 8.14. The van der Waals surface area contributed by atoms with Crippen LogP contribution in [0.15, 0.2) is 12.1 Å². The van der Waals surface area contributed by atoms with Crippen molar-refractivity contribution < 1.29 is 0 Å². The highest BCUT2D eigenvalue weighted by Gasteiger charge is 2.13. The Labute approximate surface area is 115 Å². The number of nitrogens with one attached hydrogen (secondary N) is 1. The monoisotopic (exact) mass is 257 g/mol. The molecule has 3 heteroatoms. The normalized spacial score (nSPS) is 11.0. The van der Waals surface area contributed by atoms with E-state index in [1.165, 1.54) is 22.3 Å². The van der Waals surface area contributed by atoms with Crippen LogP contribution in [0.2, 0.25) is 0 Å². The van der Waals surface area contributed by atoms with Gasteiger partial charge in [0.15, 0.2) is 0 Å². The third-order valence-corrected chi connectivity index (χ3v) is 3.47. The fourth-order valence-electron chi connectivity index (χ4n) is 2.71. The molecule has 0 saturated carbocycles. The van der Waals surface area contributed by atoms with Crippen LogP contribution < -0.4 is 5.73 Å². The predicted molar refractivity (Wildman–Crippen MR) is 80.3 cm³/mol. The Bertz CT molecular complexity index is 559. The molecule has 0 fully saturated rings. The molecule has 3 nitrogen and oxygen atoms in total. The molecule has 2 rings (SSSR count). The fourth-order valence-corrected chi connectivity index (χ4v) is 2.71. The minimum absolute atomic E-state index is 0.706. The quantitative estimate of drug-likeness (QED) is 0.883. The Morgan fingerprint density at radius 2 is 1.74 bits per heavy atom. The van der Waals surface area contributed by atoms with E-state index in [2.05, 4.69) is 44.8 Å². The van der Waals surface area contributed by atoms with Crippen molar-refractivity contribution in [2.75, 3.05) is 6.54 Å². The van der Waals surface area contributed by atoms with Crippen molar-refractivity contribution in [3.63, 3.8) is 0 Å². The number of benzene rings is 1. The van der Waals surface area contributed by atoms with Gasteiger partial charge in [0.05, 0.1) is 5.69 Å². The van der Waals surface area contributed by atoms with E-state index in [9.17, 15) is 0 Å². The topological polar surface area (TPSA) is 54.7 Å². The van der Waals surface area contributed by atoms with Gasteiger partial charge in [0.25, 0.3) is 0 Å². The van der Waals surface area contributed by atoms with Crippen LogP contribution in [0.4, 0.5) is 0 Å². The molecule has 0 amide bonds. The van der Waals surface area contributed by atoms with Crippen molar-refractivity contribution in [1.82, 2.24) is 9.97 Å². The largest absolute Gasteiger partial charge is 0.346 e. The van der Waals surface area contributed by atoms with Crippen molar-refractivity contribution in [1.29, 1.82) is 0 Å². The Morgan fingerprint density at radius 3 is 2.32 bits per heavy atom. The average Bonchev–Trinajstić information content (AvgIpc) is 2.67. The minimum Gasteiger partial charge on any atom is -0.346 e. The van der Waals surface area contributed by atoms with Crippen LogP contribution in [0.25, 0.3) is 11.3 Å². The highest BCUT2D eigenvalue weighted by Crippen LogP contribution is 2.29. The molecule has 0 spiro atoms. The fraction of sp³-hybridized carbons (Fsp3) is 0.438. The SMILES string of the molecule is Cc1cc(C)c(-c2nc(CCCN)[nH]c2C)c(C)c1. The first-order valence-corrected chi connectivity index (χ1v) is 6.86. The number of hydrogen-bond donors (Lipinski definition) is 2. The number of imidazole rings is 1. The van der Waals surface area contributed by atoms with Gasteiger partial charge in [-0.25, -0.2) is 4.98 Å². The molecule has 2 aromatic rings. The van der Waals surface area contributed by atoms with Crippen LogP contribution in [0.1, 0.15) is 34.6 Å². The van der Waals surface area contributed by atoms with E-state index >= 15 is 0 Å². The molecular weight excluding hydrogens is 234 g/mol. The van der Waals surface area contributed by atoms with Crippen molar-refractivity contribution in [3.05, 3.63) is 40.3 Å². The lowest BCUT2D eigenvalue weighted by Crippen LogP contribution is -2.01. The zero-order valence-electron chi connectivity index (χ0n) is 12.3. The number of rotatable bonds is 4. The summed E-state index contributed by atoms with van der Waals surface area (Å²) in [5, 5.41) is 0. The van der Waals surface area contributed by atoms with Gasteiger partial charge < -0.3 is 10.7 Å². The summed E-state index contributed by atoms with van der Waals surface area (Å²) in [6.45, 7) is 9.24. The predicted octanol–water partition coefficient (Wildman–Crippen LogP) is 3.20. The van der Waals surface area contributed by atoms with E-state index < -0.39 is 0 Å². The van der Waals surface area contributed by atoms with Gasteiger partial charge in [-0.05, 0) is 51.8 Å². The summed E-state index contributed by atoms with van der Waals surface area (Å²) < 4.78 is 0. The number of aromatic nitrogens is 2. The molecule has 0 aliphatic carbocycles. The van der Waals surface area contributed by atoms with Crippen LogP contribution in [0, 0.1) is 27.7 Å². The second-order valence-electron chi connectivity index (χ2n) is 5.32. The van der Waals surface area contributed by atoms with Crippen molar-refractivity contribution in [2.24, 2.45) is 5.73 Å². The Hall–Kier alpha value is -1.61. The molecule has 1 heterocycles. The number of nitrogens with two attached hydrogens (primary N) is 1. The molecule has 0 aliphatic heterocycles. The summed E-state index contributed by atoms with van der Waals surface area (Å²) in [7, 11) is 0. The molecule has 0 unspecified atom stereocenters. The van der Waals surface area contributed by atoms with Crippen molar-refractivity contribution in [2.45, 2.75) is 40.5 Å². The molecule has 0 bridgehead atoms. The van der Waals surface area contributed by atoms with Crippen LogP contribution in [0.5, 0.6) is 0 Å². The summed E-state index contributed by atoms with van der Waals surface area (Å²) in [6.07, 6.45) is 1.89. The molecular formula is C16H23N3. The van der Waals surface area contributed by atoms with E-state index in [0.29, 0.717) is 6.54 Å². The second-order valence-corrected chi connectivity index (χ2v) is 5.32. The van der Waals surface area contributed by atoms with E-state index in [1.807, 2.05) is 0 Å². The third kappa shape index (κ3) is 2.87. The van der Waals surface area contributed by atoms with Gasteiger partial charge in [0.2, 0.25) is 0 Å². The molecule has 0 aliphatic rings. The smallest absolute Gasteiger partial charge is 0.107 e. The third-order valence-electron chi connectivity index (χ3n) is 3.47. The molecule has 0 atom stereocenters. The van der Waals surface area contributed by atoms with E-state index in [4.69, 9.17) is 10.7 Å². The number of H-pyrrole nitrogens is 1. The molecule has 19 heavy (non-hydrogen) atoms. The van der Waals surface area contributed by atoms with Gasteiger partial charge in [-0.15, -0.1) is 0 Å². The summed E-state index contributed by atoms with van der Waals surface area (Å²) in [5.41, 5.74) is 12.9. The van der Waals surface area contributed by atoms with Gasteiger partial charge in [-0.3, -0.25) is 0 Å². The molecule has 1 aromatic heterocycles. The maximum absolute atomic E-state index is 5.56. The van der Waals surface area contributed by atoms with Gasteiger partial charge >= 0.3 is 0 Å². The van der Waals surface area contributed by atoms with E-state index in [1.54, 1.807) is 0 Å². The number of nitrogens with zero attached hydrogens (tertiary/aromatic N) is 1. The summed E-state index contributed by atoms with van der Waals surface area (Å²) >= 11 is 0. The Kier molecular flexibility index (Phi) is 4.05. The zero-order chi connectivity index (χ0) is 14.0. The van der Waals surface area contributed by atoms with E-state index in [0.717, 1.165) is 30.1 Å². The van der Waals surface area contributed by atoms with E-state index in [-0.39, 0.29) is 0 Å². The number of hydrogen-bond acceptors (Lipinski definition) is 2. The van der Waals surface area contributed by atoms with Crippen LogP contribution >= 0.6 is 0 Å². The maximum Gasteiger partial charge on any atom is 0.107 e. The Balaban J connectivity index is 2.44. The molecule has 0 saturated heterocycles. The summed E-state index contributed by atoms with van der Waals surface area (Å²) in [6, 6.07) is 4.44. The van der Waals surface area contributed by atoms with Crippen molar-refractivity contribution >= 4 is 0 Å². The number of aromatic amines is 1. The lowest BCUT2D eigenvalue weighted by molar-refractivity contribution is 0.792. The maximum atomic E-state index is 5.56. The molecule has 102 valence electrons. The molecule has 3 N–H and O–H groups in total. The zero-order valence-corrected chi connectivity index (χ0v) is 12.3. The minimum atomic E-state index is 0.706. The van der Waals surface area contributed by atoms with Gasteiger partial charge in [0, 0.05) is 17.7 Å². The molecule has 0 radical (unpaired) electrons. The summed E-state index contributed by atoms with van der Waals surface area (Å²) in [5.74, 6) is 1.04. The molecule has 1 aromatic carbocycles. The van der Waals surface area contributed by atoms with Crippen LogP contribution in [0.3, 0.4) is 0 Å². The average molecular weight is 257 g/mol. The highest BCUT2D eigenvalue weighted by molar-refractivity contribution is 5.70. The number of aryl methyl sites for hydroxylation is 5. The first kappa shape index (κ1) is 13.8. The van der Waals surface area contributed by atoms with Crippen molar-refractivity contribution in [3.8, 4) is 11.3 Å². The van der Waals surface area contributed by atoms with Gasteiger partial charge in [-0.1, -0.05) is 17.7 Å².